The van der Waals surface area contributed by atoms with Gasteiger partial charge < -0.3 is 4.98 Å². The van der Waals surface area contributed by atoms with Gasteiger partial charge in [0.1, 0.15) is 0 Å². The number of fused-ring (bicyclic) bond motifs is 1. The fraction of sp³-hybridized carbons (Fsp3) is 0.556. The third-order valence-corrected chi connectivity index (χ3v) is 4.52. The van der Waals surface area contributed by atoms with Gasteiger partial charge in [0.05, 0.1) is 0 Å². The van der Waals surface area contributed by atoms with E-state index >= 15 is 0 Å². The maximum absolute atomic E-state index is 3.56. The van der Waals surface area contributed by atoms with Crippen molar-refractivity contribution < 1.29 is 0 Å². The van der Waals surface area contributed by atoms with Crippen molar-refractivity contribution in [3.63, 3.8) is 0 Å². The Morgan fingerprint density at radius 2 is 1.65 bits per heavy atom. The maximum atomic E-state index is 3.56. The summed E-state index contributed by atoms with van der Waals surface area (Å²) >= 11 is 3.56. The molecule has 0 aliphatic carbocycles. The number of hydrogen-bond donors (Lipinski definition) is 1. The normalized spacial score (nSPS) is 11.3. The zero-order valence-electron chi connectivity index (χ0n) is 12.6. The van der Waals surface area contributed by atoms with Gasteiger partial charge in [0, 0.05) is 21.6 Å². The van der Waals surface area contributed by atoms with Crippen LogP contribution in [0.1, 0.15) is 63.9 Å². The first-order chi connectivity index (χ1) is 9.81. The predicted octanol–water partition coefficient (Wildman–Crippen LogP) is 6.61. The molecule has 0 saturated heterocycles. The summed E-state index contributed by atoms with van der Waals surface area (Å²) in [5.74, 6) is 0. The van der Waals surface area contributed by atoms with Crippen LogP contribution in [-0.2, 0) is 6.42 Å². The lowest BCUT2D eigenvalue weighted by atomic mass is 10.0. The summed E-state index contributed by atoms with van der Waals surface area (Å²) in [7, 11) is 0. The molecular formula is C18H26BrN. The minimum Gasteiger partial charge on any atom is -0.361 e. The fourth-order valence-electron chi connectivity index (χ4n) is 2.81. The van der Waals surface area contributed by atoms with Crippen LogP contribution < -0.4 is 0 Å². The zero-order valence-corrected chi connectivity index (χ0v) is 14.1. The van der Waals surface area contributed by atoms with Crippen LogP contribution in [0.3, 0.4) is 0 Å². The lowest BCUT2D eigenvalue weighted by molar-refractivity contribution is 0.576. The van der Waals surface area contributed by atoms with Crippen molar-refractivity contribution in [2.24, 2.45) is 0 Å². The summed E-state index contributed by atoms with van der Waals surface area (Å²) in [6.07, 6.45) is 14.5. The molecule has 2 rings (SSSR count). The molecule has 1 aromatic carbocycles. The highest BCUT2D eigenvalue weighted by Crippen LogP contribution is 2.24. The Hall–Kier alpha value is -0.760. The molecule has 1 N–H and O–H groups in total. The standard InChI is InChI=1S/C18H26BrN/c1-2-3-4-5-6-7-8-9-10-15-14-20-18-12-11-16(19)13-17(15)18/h11-14,20H,2-10H2,1H3. The summed E-state index contributed by atoms with van der Waals surface area (Å²) in [5, 5.41) is 1.38. The van der Waals surface area contributed by atoms with Gasteiger partial charge in [0.25, 0.3) is 0 Å². The van der Waals surface area contributed by atoms with Crippen LogP contribution in [0.15, 0.2) is 28.9 Å². The molecule has 0 bridgehead atoms. The van der Waals surface area contributed by atoms with Gasteiger partial charge in [-0.2, -0.15) is 0 Å². The third-order valence-electron chi connectivity index (χ3n) is 4.03. The zero-order chi connectivity index (χ0) is 14.2. The van der Waals surface area contributed by atoms with Crippen LogP contribution in [0.2, 0.25) is 0 Å². The van der Waals surface area contributed by atoms with Crippen LogP contribution in [0.4, 0.5) is 0 Å². The molecule has 0 radical (unpaired) electrons. The molecule has 1 nitrogen and oxygen atoms in total. The van der Waals surface area contributed by atoms with E-state index in [1.807, 2.05) is 0 Å². The fourth-order valence-corrected chi connectivity index (χ4v) is 3.17. The van der Waals surface area contributed by atoms with Gasteiger partial charge in [-0.05, 0) is 36.6 Å². The number of benzene rings is 1. The van der Waals surface area contributed by atoms with Crippen LogP contribution in [0.25, 0.3) is 10.9 Å². The highest BCUT2D eigenvalue weighted by molar-refractivity contribution is 9.10. The highest BCUT2D eigenvalue weighted by atomic mass is 79.9. The number of rotatable bonds is 9. The lowest BCUT2D eigenvalue weighted by Gasteiger charge is -2.02. The number of aromatic nitrogens is 1. The monoisotopic (exact) mass is 335 g/mol. The molecule has 0 fully saturated rings. The minimum absolute atomic E-state index is 1.17. The van der Waals surface area contributed by atoms with E-state index in [-0.39, 0.29) is 0 Å². The molecule has 0 unspecified atom stereocenters. The van der Waals surface area contributed by atoms with E-state index < -0.39 is 0 Å². The first kappa shape index (κ1) is 15.6. The molecule has 0 aliphatic rings. The van der Waals surface area contributed by atoms with E-state index in [0.717, 1.165) is 0 Å². The quantitative estimate of drug-likeness (QED) is 0.496. The van der Waals surface area contributed by atoms with E-state index in [1.165, 1.54) is 78.7 Å². The van der Waals surface area contributed by atoms with E-state index in [2.05, 4.69) is 52.2 Å². The van der Waals surface area contributed by atoms with Crippen molar-refractivity contribution in [3.05, 3.63) is 34.4 Å². The van der Waals surface area contributed by atoms with Crippen molar-refractivity contribution in [3.8, 4) is 0 Å². The summed E-state index contributed by atoms with van der Waals surface area (Å²) in [4.78, 5) is 3.37. The molecule has 0 atom stereocenters. The van der Waals surface area contributed by atoms with Gasteiger partial charge in [-0.25, -0.2) is 0 Å². The summed E-state index contributed by atoms with van der Waals surface area (Å²) in [6.45, 7) is 2.28. The van der Waals surface area contributed by atoms with Crippen LogP contribution in [0, 0.1) is 0 Å². The SMILES string of the molecule is CCCCCCCCCCc1c[nH]c2ccc(Br)cc12. The number of nitrogens with one attached hydrogen (secondary N) is 1. The van der Waals surface area contributed by atoms with Gasteiger partial charge in [0.2, 0.25) is 0 Å². The maximum Gasteiger partial charge on any atom is 0.0457 e. The first-order valence-corrected chi connectivity index (χ1v) is 8.86. The second kappa shape index (κ2) is 8.51. The molecule has 110 valence electrons. The molecule has 2 heteroatoms. The Kier molecular flexibility index (Phi) is 6.65. The van der Waals surface area contributed by atoms with Gasteiger partial charge in [0.15, 0.2) is 0 Å². The molecule has 0 aliphatic heterocycles. The van der Waals surface area contributed by atoms with Gasteiger partial charge in [-0.15, -0.1) is 0 Å². The van der Waals surface area contributed by atoms with E-state index in [9.17, 15) is 0 Å². The molecule has 2 aromatic rings. The Balaban J connectivity index is 1.69. The number of H-pyrrole nitrogens is 1. The summed E-state index contributed by atoms with van der Waals surface area (Å²) < 4.78 is 1.17. The molecule has 1 heterocycles. The molecule has 0 saturated carbocycles. The Morgan fingerprint density at radius 1 is 0.950 bits per heavy atom. The van der Waals surface area contributed by atoms with Crippen molar-refractivity contribution >= 4 is 26.8 Å². The number of unbranched alkanes of at least 4 members (excludes halogenated alkanes) is 7. The second-order valence-electron chi connectivity index (χ2n) is 5.73. The summed E-state index contributed by atoms with van der Waals surface area (Å²) in [5.41, 5.74) is 2.72. The van der Waals surface area contributed by atoms with Crippen LogP contribution >= 0.6 is 15.9 Å². The molecule has 0 amide bonds. The summed E-state index contributed by atoms with van der Waals surface area (Å²) in [6, 6.07) is 6.47. The van der Waals surface area contributed by atoms with E-state index in [0.29, 0.717) is 0 Å². The number of halogens is 1. The molecule has 0 spiro atoms. The van der Waals surface area contributed by atoms with Crippen molar-refractivity contribution in [1.82, 2.24) is 4.98 Å². The Bertz CT molecular complexity index is 515. The number of aryl methyl sites for hydroxylation is 1. The Labute approximate surface area is 131 Å². The highest BCUT2D eigenvalue weighted by Gasteiger charge is 2.03. The minimum atomic E-state index is 1.17. The average Bonchev–Trinajstić information content (AvgIpc) is 2.84. The van der Waals surface area contributed by atoms with Crippen LogP contribution in [-0.4, -0.2) is 4.98 Å². The largest absolute Gasteiger partial charge is 0.361 e. The second-order valence-corrected chi connectivity index (χ2v) is 6.64. The molecule has 1 aromatic heterocycles. The smallest absolute Gasteiger partial charge is 0.0457 e. The van der Waals surface area contributed by atoms with Crippen molar-refractivity contribution in [2.45, 2.75) is 64.7 Å². The molecule has 20 heavy (non-hydrogen) atoms. The van der Waals surface area contributed by atoms with Crippen molar-refractivity contribution in [2.75, 3.05) is 0 Å². The third kappa shape index (κ3) is 4.66. The lowest BCUT2D eigenvalue weighted by Crippen LogP contribution is -1.85. The average molecular weight is 336 g/mol. The first-order valence-electron chi connectivity index (χ1n) is 8.07. The van der Waals surface area contributed by atoms with E-state index in [4.69, 9.17) is 0 Å². The van der Waals surface area contributed by atoms with Crippen LogP contribution in [0.5, 0.6) is 0 Å². The van der Waals surface area contributed by atoms with Gasteiger partial charge in [-0.1, -0.05) is 67.8 Å². The predicted molar refractivity (Wildman–Crippen MR) is 92.3 cm³/mol. The molecular weight excluding hydrogens is 310 g/mol. The topological polar surface area (TPSA) is 15.8 Å². The Morgan fingerprint density at radius 3 is 2.40 bits per heavy atom. The van der Waals surface area contributed by atoms with Crippen molar-refractivity contribution in [1.29, 1.82) is 0 Å². The number of hydrogen-bond acceptors (Lipinski definition) is 0. The van der Waals surface area contributed by atoms with Gasteiger partial charge >= 0.3 is 0 Å². The van der Waals surface area contributed by atoms with E-state index in [1.54, 1.807) is 0 Å². The van der Waals surface area contributed by atoms with Gasteiger partial charge in [-0.3, -0.25) is 0 Å². The number of aromatic amines is 1.